The van der Waals surface area contributed by atoms with Crippen molar-refractivity contribution >= 4 is 142 Å². The van der Waals surface area contributed by atoms with Crippen LogP contribution in [0.3, 0.4) is 0 Å². The molecule has 53 nitrogen and oxygen atoms in total. The summed E-state index contributed by atoms with van der Waals surface area (Å²) in [6, 6.07) is -26.4. The Kier molecular flexibility index (Phi) is 46.6. The van der Waals surface area contributed by atoms with Gasteiger partial charge in [0.1, 0.15) is 90.6 Å². The van der Waals surface area contributed by atoms with Gasteiger partial charge in [0.05, 0.1) is 31.7 Å². The number of carbonyl (C=O) groups excluding carboxylic acids is 15. The van der Waals surface area contributed by atoms with Crippen molar-refractivity contribution in [3.63, 3.8) is 0 Å². The second-order valence-electron chi connectivity index (χ2n) is 26.5. The third-order valence-electron chi connectivity index (χ3n) is 16.2. The molecule has 38 N–H and O–H groups in total. The van der Waals surface area contributed by atoms with Crippen molar-refractivity contribution in [1.29, 1.82) is 21.6 Å². The van der Waals surface area contributed by atoms with Gasteiger partial charge in [-0.2, -0.15) is 0 Å². The molecule has 0 heterocycles. The van der Waals surface area contributed by atoms with Crippen LogP contribution in [0, 0.1) is 21.6 Å². The largest absolute Gasteiger partial charge is 0.481 e. The van der Waals surface area contributed by atoms with Crippen LogP contribution in [0.1, 0.15) is 132 Å². The van der Waals surface area contributed by atoms with Crippen LogP contribution < -0.4 is 130 Å². The minimum Gasteiger partial charge on any atom is -0.481 e. The molecule has 0 bridgehead atoms. The van der Waals surface area contributed by atoms with E-state index >= 15 is 0 Å². The van der Waals surface area contributed by atoms with Gasteiger partial charge < -0.3 is 155 Å². The smallest absolute Gasteiger partial charge is 0.325 e. The lowest BCUT2D eigenvalue weighted by Crippen LogP contribution is -2.60. The fraction of sp³-hybridized carbons (Fsp3) is 0.625. The van der Waals surface area contributed by atoms with Crippen molar-refractivity contribution in [2.24, 2.45) is 28.7 Å². The Morgan fingerprint density at radius 2 is 0.402 bits per heavy atom. The standard InChI is InChI=1S/C64H110N28O25/c1-25(78-52(108)33(65)21-41(93)94)49(105)90-38(22-42(95)96)58(114)83-30(6)51(107)92-40(24-44(99)100)59(115)84-31(7)50(106)91-39(23-43(97)98)57(113)82-29(5)48(104)88-36(15-11-19-76-63(70)71)55(111)80-27(3)46(102)86-34(13-9-17-74-61(66)67)53(109)79-26(2)45(101)87-35(14-10-18-75-62(68)69)54(110)81-28(4)47(103)89-37(16-12-20-77-64(72)73)56(112)85-32(8)60(116)117/h25-40H,9-24,65H2,1-8H3,(H,78,108)(H,79,109)(H,80,111)(H,81,110)(H,82,113)(H,83,114)(H,84,115)(H,85,112)(H,86,102)(H,87,101)(H,88,104)(H,89,103)(H,90,105)(H,91,106)(H,92,107)(H,93,94)(H,95,96)(H,97,98)(H,99,100)(H,116,117)(H4,66,67,74)(H4,68,69,75)(H4,70,71,76)(H4,72,73,77)/t25-,26-,27-,28-,29-,30-,31-,32-,33-,34-,35-,36-,37-,38-,39-,40-/m0/s1. The Bertz CT molecular complexity index is 3630. The highest BCUT2D eigenvalue weighted by Crippen LogP contribution is 2.09. The van der Waals surface area contributed by atoms with E-state index in [1.807, 2.05) is 10.6 Å². The maximum Gasteiger partial charge on any atom is 0.325 e. The molecule has 0 saturated carbocycles. The number of hydrogen-bond donors (Lipinski definition) is 33. The van der Waals surface area contributed by atoms with Gasteiger partial charge in [-0.1, -0.05) is 0 Å². The van der Waals surface area contributed by atoms with Crippen LogP contribution in [-0.2, 0) is 95.9 Å². The molecule has 53 heteroatoms. The second kappa shape index (κ2) is 52.7. The van der Waals surface area contributed by atoms with E-state index < -0.39 is 259 Å². The lowest BCUT2D eigenvalue weighted by molar-refractivity contribution is -0.142. The van der Waals surface area contributed by atoms with Crippen molar-refractivity contribution in [2.75, 3.05) is 26.2 Å². The normalized spacial score (nSPS) is 14.8. The zero-order valence-corrected chi connectivity index (χ0v) is 65.3. The first-order chi connectivity index (χ1) is 54.4. The van der Waals surface area contributed by atoms with Crippen molar-refractivity contribution in [2.45, 2.75) is 229 Å². The van der Waals surface area contributed by atoms with E-state index in [9.17, 15) is 116 Å². The number of nitrogens with two attached hydrogens (primary N) is 5. The monoisotopic (exact) mass is 1670 g/mol. The molecule has 0 aliphatic carbocycles. The van der Waals surface area contributed by atoms with Crippen LogP contribution in [0.4, 0.5) is 0 Å². The number of hydrogen-bond acceptors (Lipinski definition) is 25. The molecule has 0 unspecified atom stereocenters. The maximum atomic E-state index is 14.1. The van der Waals surface area contributed by atoms with Gasteiger partial charge >= 0.3 is 29.8 Å². The number of carboxylic acids is 5. The molecule has 656 valence electrons. The maximum absolute atomic E-state index is 14.1. The minimum absolute atomic E-state index is 0.00672. The topological polar surface area (TPSA) is 897 Å². The Hall–Kier alpha value is -13.6. The van der Waals surface area contributed by atoms with Crippen molar-refractivity contribution < 1.29 is 121 Å². The number of carbonyl (C=O) groups is 20. The highest BCUT2D eigenvalue weighted by molar-refractivity contribution is 6.02. The van der Waals surface area contributed by atoms with Crippen LogP contribution in [0.15, 0.2) is 0 Å². The molecule has 0 fully saturated rings. The van der Waals surface area contributed by atoms with Crippen LogP contribution in [0.25, 0.3) is 0 Å². The van der Waals surface area contributed by atoms with Gasteiger partial charge in [-0.05, 0) is 107 Å². The SMILES string of the molecule is C[C@H](NC(=O)[C@H](CCCNC(=N)N)NC(=O)[C@H](C)NC(=O)[C@H](CCCNC(=N)N)NC(=O)[C@H](C)NC(=O)[C@H](CCCNC(=N)N)NC(=O)[C@H](C)NC(=O)[C@H](CCCNC(=N)N)NC(=O)[C@H](C)NC(=O)[C@H](CC(=O)O)NC(=O)[C@H](C)NC(=O)[C@H](CC(=O)O)NC(=O)[C@H](C)NC(=O)[C@H](CC(=O)O)NC(=O)[C@H](C)NC(=O)[C@@H](N)CC(=O)O)C(=O)O. The van der Waals surface area contributed by atoms with Crippen LogP contribution in [0.2, 0.25) is 0 Å². The molecule has 0 aliphatic rings. The lowest BCUT2D eigenvalue weighted by Gasteiger charge is -2.26. The summed E-state index contributed by atoms with van der Waals surface area (Å²) in [5.41, 5.74) is 27.0. The van der Waals surface area contributed by atoms with E-state index in [0.717, 1.165) is 34.6 Å². The van der Waals surface area contributed by atoms with Crippen LogP contribution >= 0.6 is 0 Å². The molecule has 117 heavy (non-hydrogen) atoms. The lowest BCUT2D eigenvalue weighted by atomic mass is 10.1. The van der Waals surface area contributed by atoms with Gasteiger partial charge in [0.15, 0.2) is 23.8 Å². The van der Waals surface area contributed by atoms with E-state index in [0.29, 0.717) is 0 Å². The average molecular weight is 1670 g/mol. The van der Waals surface area contributed by atoms with E-state index in [2.05, 4.69) is 90.4 Å². The Morgan fingerprint density at radius 3 is 0.573 bits per heavy atom. The fourth-order valence-corrected chi connectivity index (χ4v) is 9.74. The number of rotatable bonds is 55. The molecule has 15 amide bonds. The number of nitrogens with one attached hydrogen (secondary N) is 23. The highest BCUT2D eigenvalue weighted by Gasteiger charge is 2.37. The van der Waals surface area contributed by atoms with E-state index in [1.165, 1.54) is 20.8 Å². The van der Waals surface area contributed by atoms with Gasteiger partial charge in [-0.15, -0.1) is 0 Å². The first-order valence-electron chi connectivity index (χ1n) is 36.1. The molecule has 0 aromatic heterocycles. The Morgan fingerprint density at radius 1 is 0.239 bits per heavy atom. The number of aliphatic carboxylic acids is 5. The van der Waals surface area contributed by atoms with Gasteiger partial charge in [0.25, 0.3) is 0 Å². The van der Waals surface area contributed by atoms with E-state index in [4.69, 9.17) is 55.4 Å². The minimum atomic E-state index is -2.07. The first-order valence-corrected chi connectivity index (χ1v) is 36.1. The molecule has 0 aromatic carbocycles. The predicted octanol–water partition coefficient (Wildman–Crippen LogP) is -13.2. The molecular formula is C64H110N28O25. The molecule has 0 aliphatic heterocycles. The fourth-order valence-electron chi connectivity index (χ4n) is 9.74. The first kappa shape index (κ1) is 103. The Balaban J connectivity index is 6.60. The summed E-state index contributed by atoms with van der Waals surface area (Å²) < 4.78 is 0. The molecule has 0 spiro atoms. The average Bonchev–Trinajstić information content (AvgIpc) is 0.869. The van der Waals surface area contributed by atoms with Gasteiger partial charge in [-0.3, -0.25) is 118 Å². The van der Waals surface area contributed by atoms with Crippen molar-refractivity contribution in [1.82, 2.24) is 101 Å². The van der Waals surface area contributed by atoms with Crippen LogP contribution in [-0.4, -0.2) is 291 Å². The summed E-state index contributed by atoms with van der Waals surface area (Å²) in [6.07, 6.45) is -4.97. The zero-order chi connectivity index (χ0) is 89.8. The predicted molar refractivity (Wildman–Crippen MR) is 406 cm³/mol. The van der Waals surface area contributed by atoms with E-state index in [-0.39, 0.29) is 83.5 Å². The highest BCUT2D eigenvalue weighted by atomic mass is 16.4. The molecule has 16 atom stereocenters. The summed E-state index contributed by atoms with van der Waals surface area (Å²) in [6.45, 7) is 8.82. The summed E-state index contributed by atoms with van der Waals surface area (Å²) in [5.74, 6) is -26.8. The molecule has 0 aromatic rings. The van der Waals surface area contributed by atoms with E-state index in [1.54, 1.807) is 0 Å². The van der Waals surface area contributed by atoms with Gasteiger partial charge in [0.2, 0.25) is 88.6 Å². The zero-order valence-electron chi connectivity index (χ0n) is 65.3. The number of guanidine groups is 4. The third-order valence-corrected chi connectivity index (χ3v) is 16.2. The molecule has 0 rings (SSSR count). The summed E-state index contributed by atoms with van der Waals surface area (Å²) in [7, 11) is 0. The van der Waals surface area contributed by atoms with Crippen molar-refractivity contribution in [3.05, 3.63) is 0 Å². The van der Waals surface area contributed by atoms with Gasteiger partial charge in [0, 0.05) is 26.2 Å². The number of carboxylic acid groups (broad SMARTS) is 5. The van der Waals surface area contributed by atoms with Gasteiger partial charge in [-0.25, -0.2) is 0 Å². The van der Waals surface area contributed by atoms with Crippen molar-refractivity contribution in [3.8, 4) is 0 Å². The Labute approximate surface area is 668 Å². The van der Waals surface area contributed by atoms with Crippen LogP contribution in [0.5, 0.6) is 0 Å². The molecule has 0 saturated heterocycles. The molecular weight excluding hydrogens is 1560 g/mol. The number of amides is 15. The third kappa shape index (κ3) is 43.3. The summed E-state index contributed by atoms with van der Waals surface area (Å²) in [4.78, 5) is 260. The summed E-state index contributed by atoms with van der Waals surface area (Å²) >= 11 is 0. The second-order valence-corrected chi connectivity index (χ2v) is 26.5. The molecule has 0 radical (unpaired) electrons. The summed E-state index contributed by atoms with van der Waals surface area (Å²) in [5, 5.41) is 121. The quantitative estimate of drug-likeness (QED) is 0.0153.